The standard InChI is InChI=1S/C23H23BrO4S/c1-13-10-20-16(12-19(13)27-2)21(22(29-20)23(25)26)28-18-9-8-15(11-17(18)24)14-6-4-3-5-7-14/h8-12,14H,3-7H2,1-2H3,(H,25,26). The number of carbonyl (C=O) groups is 1. The molecule has 1 aliphatic rings. The van der Waals surface area contributed by atoms with Crippen molar-refractivity contribution in [2.45, 2.75) is 44.9 Å². The molecule has 0 amide bonds. The highest BCUT2D eigenvalue weighted by molar-refractivity contribution is 9.10. The summed E-state index contributed by atoms with van der Waals surface area (Å²) in [7, 11) is 1.61. The molecular formula is C23H23BrO4S. The Morgan fingerprint density at radius 1 is 1.14 bits per heavy atom. The van der Waals surface area contributed by atoms with Gasteiger partial charge >= 0.3 is 5.97 Å². The highest BCUT2D eigenvalue weighted by atomic mass is 79.9. The maximum absolute atomic E-state index is 11.9. The van der Waals surface area contributed by atoms with E-state index in [0.29, 0.717) is 23.2 Å². The first-order valence-electron chi connectivity index (χ1n) is 9.79. The lowest BCUT2D eigenvalue weighted by Crippen LogP contribution is -2.04. The number of ether oxygens (including phenoxy) is 2. The molecule has 0 aliphatic heterocycles. The summed E-state index contributed by atoms with van der Waals surface area (Å²) in [5.74, 6) is 1.29. The molecule has 3 aromatic rings. The maximum Gasteiger partial charge on any atom is 0.349 e. The summed E-state index contributed by atoms with van der Waals surface area (Å²) in [4.78, 5) is 12.0. The summed E-state index contributed by atoms with van der Waals surface area (Å²) in [6, 6.07) is 9.96. The summed E-state index contributed by atoms with van der Waals surface area (Å²) in [5, 5.41) is 10.5. The first-order valence-corrected chi connectivity index (χ1v) is 11.4. The molecule has 1 fully saturated rings. The second-order valence-electron chi connectivity index (χ2n) is 7.51. The van der Waals surface area contributed by atoms with Crippen LogP contribution in [0.2, 0.25) is 0 Å². The number of halogens is 1. The van der Waals surface area contributed by atoms with Gasteiger partial charge in [-0.15, -0.1) is 11.3 Å². The minimum absolute atomic E-state index is 0.191. The quantitative estimate of drug-likeness (QED) is 0.415. The SMILES string of the molecule is COc1cc2c(Oc3ccc(C4CCCCC4)cc3Br)c(C(=O)O)sc2cc1C. The van der Waals surface area contributed by atoms with Crippen LogP contribution in [0.3, 0.4) is 0 Å². The molecule has 0 spiro atoms. The Bertz CT molecular complexity index is 1070. The van der Waals surface area contributed by atoms with Crippen LogP contribution in [-0.4, -0.2) is 18.2 Å². The van der Waals surface area contributed by atoms with Crippen LogP contribution in [0.15, 0.2) is 34.8 Å². The molecule has 1 aliphatic carbocycles. The minimum Gasteiger partial charge on any atom is -0.496 e. The Hall–Kier alpha value is -2.05. The van der Waals surface area contributed by atoms with E-state index in [9.17, 15) is 9.90 Å². The van der Waals surface area contributed by atoms with Crippen molar-refractivity contribution >= 4 is 43.3 Å². The summed E-state index contributed by atoms with van der Waals surface area (Å²) in [6.45, 7) is 1.94. The van der Waals surface area contributed by atoms with E-state index >= 15 is 0 Å². The number of carboxylic acids is 1. The number of aromatic carboxylic acids is 1. The number of hydrogen-bond acceptors (Lipinski definition) is 4. The topological polar surface area (TPSA) is 55.8 Å². The van der Waals surface area contributed by atoms with Crippen molar-refractivity contribution in [2.24, 2.45) is 0 Å². The molecule has 0 bridgehead atoms. The Morgan fingerprint density at radius 3 is 2.55 bits per heavy atom. The van der Waals surface area contributed by atoms with Crippen LogP contribution in [0.4, 0.5) is 0 Å². The number of benzene rings is 2. The average molecular weight is 475 g/mol. The largest absolute Gasteiger partial charge is 0.496 e. The Balaban J connectivity index is 1.73. The molecule has 1 aromatic heterocycles. The van der Waals surface area contributed by atoms with Gasteiger partial charge in [-0.3, -0.25) is 0 Å². The summed E-state index contributed by atoms with van der Waals surface area (Å²) >= 11 is 4.85. The number of methoxy groups -OCH3 is 1. The first-order chi connectivity index (χ1) is 14.0. The Labute approximate surface area is 182 Å². The van der Waals surface area contributed by atoms with Crippen molar-refractivity contribution in [1.82, 2.24) is 0 Å². The second kappa shape index (κ2) is 8.36. The molecule has 4 rings (SSSR count). The van der Waals surface area contributed by atoms with Gasteiger partial charge < -0.3 is 14.6 Å². The van der Waals surface area contributed by atoms with Crippen molar-refractivity contribution in [3.05, 3.63) is 50.8 Å². The fourth-order valence-corrected chi connectivity index (χ4v) is 5.59. The normalized spacial score (nSPS) is 14.9. The predicted molar refractivity (Wildman–Crippen MR) is 120 cm³/mol. The lowest BCUT2D eigenvalue weighted by atomic mass is 9.84. The zero-order valence-corrected chi connectivity index (χ0v) is 18.9. The fraction of sp³-hybridized carbons (Fsp3) is 0.348. The van der Waals surface area contributed by atoms with Gasteiger partial charge in [-0.2, -0.15) is 0 Å². The van der Waals surface area contributed by atoms with Crippen LogP contribution < -0.4 is 9.47 Å². The van der Waals surface area contributed by atoms with Gasteiger partial charge in [0.2, 0.25) is 0 Å². The van der Waals surface area contributed by atoms with Gasteiger partial charge in [0.25, 0.3) is 0 Å². The van der Waals surface area contributed by atoms with Crippen LogP contribution in [0, 0.1) is 6.92 Å². The van der Waals surface area contributed by atoms with Crippen molar-refractivity contribution in [1.29, 1.82) is 0 Å². The number of thiophene rings is 1. The third-order valence-electron chi connectivity index (χ3n) is 5.60. The van der Waals surface area contributed by atoms with Crippen molar-refractivity contribution in [2.75, 3.05) is 7.11 Å². The number of rotatable bonds is 5. The molecule has 6 heteroatoms. The summed E-state index contributed by atoms with van der Waals surface area (Å²) in [6.07, 6.45) is 6.34. The van der Waals surface area contributed by atoms with Crippen LogP contribution in [0.25, 0.3) is 10.1 Å². The lowest BCUT2D eigenvalue weighted by molar-refractivity contribution is 0.0700. The van der Waals surface area contributed by atoms with Crippen molar-refractivity contribution in [3.8, 4) is 17.2 Å². The summed E-state index contributed by atoms with van der Waals surface area (Å²) < 4.78 is 13.3. The molecule has 1 heterocycles. The van der Waals surface area contributed by atoms with Crippen molar-refractivity contribution in [3.63, 3.8) is 0 Å². The van der Waals surface area contributed by atoms with Crippen LogP contribution in [0.1, 0.15) is 58.8 Å². The van der Waals surface area contributed by atoms with Crippen LogP contribution in [-0.2, 0) is 0 Å². The third kappa shape index (κ3) is 4.01. The lowest BCUT2D eigenvalue weighted by Gasteiger charge is -2.22. The Kier molecular flexibility index (Phi) is 5.83. The van der Waals surface area contributed by atoms with E-state index in [0.717, 1.165) is 20.1 Å². The molecule has 0 saturated heterocycles. The van der Waals surface area contributed by atoms with E-state index in [4.69, 9.17) is 9.47 Å². The molecule has 0 atom stereocenters. The van der Waals surface area contributed by atoms with E-state index < -0.39 is 5.97 Å². The molecule has 1 N–H and O–H groups in total. The third-order valence-corrected chi connectivity index (χ3v) is 7.34. The van der Waals surface area contributed by atoms with Crippen LogP contribution in [0.5, 0.6) is 17.2 Å². The number of hydrogen-bond donors (Lipinski definition) is 1. The predicted octanol–water partition coefficient (Wildman–Crippen LogP) is 7.52. The van der Waals surface area contributed by atoms with Gasteiger partial charge in [-0.25, -0.2) is 4.79 Å². The second-order valence-corrected chi connectivity index (χ2v) is 9.42. The Morgan fingerprint density at radius 2 is 1.90 bits per heavy atom. The molecular weight excluding hydrogens is 452 g/mol. The number of aryl methyl sites for hydroxylation is 1. The molecule has 152 valence electrons. The van der Waals surface area contributed by atoms with Gasteiger partial charge in [0.1, 0.15) is 11.5 Å². The zero-order valence-electron chi connectivity index (χ0n) is 16.5. The van der Waals surface area contributed by atoms with E-state index in [1.807, 2.05) is 25.1 Å². The number of carboxylic acid groups (broad SMARTS) is 1. The minimum atomic E-state index is -0.993. The highest BCUT2D eigenvalue weighted by Gasteiger charge is 2.23. The van der Waals surface area contributed by atoms with Gasteiger partial charge in [0.05, 0.1) is 11.6 Å². The molecule has 0 unspecified atom stereocenters. The fourth-order valence-electron chi connectivity index (χ4n) is 4.06. The van der Waals surface area contributed by atoms with E-state index in [1.54, 1.807) is 7.11 Å². The molecule has 0 radical (unpaired) electrons. The van der Waals surface area contributed by atoms with Gasteiger partial charge in [-0.1, -0.05) is 25.3 Å². The molecule has 2 aromatic carbocycles. The number of fused-ring (bicyclic) bond motifs is 1. The van der Waals surface area contributed by atoms with E-state index in [-0.39, 0.29) is 4.88 Å². The molecule has 1 saturated carbocycles. The molecule has 29 heavy (non-hydrogen) atoms. The van der Waals surface area contributed by atoms with Gasteiger partial charge in [0, 0.05) is 10.1 Å². The monoisotopic (exact) mass is 474 g/mol. The van der Waals surface area contributed by atoms with Gasteiger partial charge in [0.15, 0.2) is 10.6 Å². The van der Waals surface area contributed by atoms with E-state index in [1.165, 1.54) is 49.0 Å². The van der Waals surface area contributed by atoms with E-state index in [2.05, 4.69) is 28.1 Å². The average Bonchev–Trinajstić information content (AvgIpc) is 3.06. The van der Waals surface area contributed by atoms with Crippen molar-refractivity contribution < 1.29 is 19.4 Å². The summed E-state index contributed by atoms with van der Waals surface area (Å²) in [5.41, 5.74) is 2.28. The highest BCUT2D eigenvalue weighted by Crippen LogP contribution is 2.45. The maximum atomic E-state index is 11.9. The smallest absolute Gasteiger partial charge is 0.349 e. The zero-order chi connectivity index (χ0) is 20.5. The molecule has 4 nitrogen and oxygen atoms in total. The van der Waals surface area contributed by atoms with Crippen LogP contribution >= 0.6 is 27.3 Å². The van der Waals surface area contributed by atoms with Gasteiger partial charge in [-0.05, 0) is 77.0 Å². The first kappa shape index (κ1) is 20.2.